The highest BCUT2D eigenvalue weighted by Gasteiger charge is 2.29. The van der Waals surface area contributed by atoms with Crippen molar-refractivity contribution in [3.63, 3.8) is 0 Å². The van der Waals surface area contributed by atoms with Gasteiger partial charge in [0.2, 0.25) is 5.82 Å². The average Bonchev–Trinajstić information content (AvgIpc) is 2.87. The van der Waals surface area contributed by atoms with Crippen LogP contribution in [0.4, 0.5) is 24.8 Å². The number of benzene rings is 1. The fourth-order valence-corrected chi connectivity index (χ4v) is 4.22. The number of piperazine rings is 2. The summed E-state index contributed by atoms with van der Waals surface area (Å²) in [6, 6.07) is 4.35. The van der Waals surface area contributed by atoms with Crippen molar-refractivity contribution < 1.29 is 27.8 Å². The van der Waals surface area contributed by atoms with Gasteiger partial charge in [0.25, 0.3) is 5.91 Å². The molecular weight excluding hydrogens is 453 g/mol. The molecule has 2 saturated heterocycles. The van der Waals surface area contributed by atoms with E-state index < -0.39 is 34.7 Å². The standard InChI is InChI=1S/C22H27F3N6O3/c1-34-21-19(24)15(14-16(23)20(21)25)22(33)31-10-8-30(9-11-31)18-3-2-17(26-27-18)29-6-4-28(5-7-29)12-13-32/h2-3,14,32H,4-13H2,1H3. The largest absolute Gasteiger partial charge is 0.491 e. The molecule has 4 rings (SSSR count). The molecule has 0 saturated carbocycles. The number of carbonyl (C=O) groups is 1. The Kier molecular flexibility index (Phi) is 7.37. The highest BCUT2D eigenvalue weighted by Crippen LogP contribution is 2.28. The minimum Gasteiger partial charge on any atom is -0.491 e. The second kappa shape index (κ2) is 10.4. The van der Waals surface area contributed by atoms with Crippen molar-refractivity contribution in [2.24, 2.45) is 0 Å². The summed E-state index contributed by atoms with van der Waals surface area (Å²) in [5.74, 6) is -4.21. The summed E-state index contributed by atoms with van der Waals surface area (Å²) >= 11 is 0. The SMILES string of the molecule is COc1c(F)c(F)cc(C(=O)N2CCN(c3ccc(N4CCN(CCO)CC4)nn3)CC2)c1F. The van der Waals surface area contributed by atoms with Gasteiger partial charge >= 0.3 is 0 Å². The number of ether oxygens (including phenoxy) is 1. The fraction of sp³-hybridized carbons (Fsp3) is 0.500. The van der Waals surface area contributed by atoms with Gasteiger partial charge in [0.05, 0.1) is 19.3 Å². The summed E-state index contributed by atoms with van der Waals surface area (Å²) < 4.78 is 46.6. The number of rotatable bonds is 6. The van der Waals surface area contributed by atoms with Gasteiger partial charge in [-0.3, -0.25) is 9.69 Å². The third-order valence-corrected chi connectivity index (χ3v) is 6.19. The monoisotopic (exact) mass is 480 g/mol. The number of hydrogen-bond donors (Lipinski definition) is 1. The molecule has 2 fully saturated rings. The zero-order chi connectivity index (χ0) is 24.2. The van der Waals surface area contributed by atoms with Gasteiger partial charge < -0.3 is 24.5 Å². The molecule has 9 nitrogen and oxygen atoms in total. The molecule has 0 aliphatic carbocycles. The van der Waals surface area contributed by atoms with Gasteiger partial charge in [0, 0.05) is 58.9 Å². The van der Waals surface area contributed by atoms with Crippen molar-refractivity contribution in [2.75, 3.05) is 82.4 Å². The summed E-state index contributed by atoms with van der Waals surface area (Å²) in [6.45, 7) is 5.52. The van der Waals surface area contributed by atoms with Crippen molar-refractivity contribution in [1.29, 1.82) is 0 Å². The summed E-state index contributed by atoms with van der Waals surface area (Å²) in [6.07, 6.45) is 0. The Morgan fingerprint density at radius 1 is 0.941 bits per heavy atom. The number of nitrogens with zero attached hydrogens (tertiary/aromatic N) is 6. The molecule has 0 atom stereocenters. The van der Waals surface area contributed by atoms with Gasteiger partial charge in [-0.05, 0) is 18.2 Å². The molecule has 12 heteroatoms. The molecule has 2 aliphatic rings. The highest BCUT2D eigenvalue weighted by atomic mass is 19.2. The van der Waals surface area contributed by atoms with Crippen molar-refractivity contribution in [3.8, 4) is 5.75 Å². The lowest BCUT2D eigenvalue weighted by atomic mass is 10.1. The third-order valence-electron chi connectivity index (χ3n) is 6.19. The topological polar surface area (TPSA) is 85.3 Å². The maximum atomic E-state index is 14.5. The third kappa shape index (κ3) is 4.87. The van der Waals surface area contributed by atoms with E-state index in [1.54, 1.807) is 0 Å². The number of aliphatic hydroxyl groups excluding tert-OH is 1. The maximum Gasteiger partial charge on any atom is 0.257 e. The molecule has 2 aromatic rings. The van der Waals surface area contributed by atoms with Crippen LogP contribution >= 0.6 is 0 Å². The molecule has 3 heterocycles. The molecule has 1 aromatic heterocycles. The normalized spacial score (nSPS) is 17.3. The first-order valence-corrected chi connectivity index (χ1v) is 11.1. The van der Waals surface area contributed by atoms with Gasteiger partial charge in [0.15, 0.2) is 29.0 Å². The van der Waals surface area contributed by atoms with E-state index in [0.29, 0.717) is 31.5 Å². The van der Waals surface area contributed by atoms with Crippen LogP contribution in [0.15, 0.2) is 18.2 Å². The number of aromatic nitrogens is 2. The number of carbonyl (C=O) groups excluding carboxylic acids is 1. The number of hydrogen-bond acceptors (Lipinski definition) is 8. The quantitative estimate of drug-likeness (QED) is 0.613. The molecule has 0 spiro atoms. The van der Waals surface area contributed by atoms with Crippen LogP contribution in [-0.2, 0) is 0 Å². The number of halogens is 3. The summed E-state index contributed by atoms with van der Waals surface area (Å²) in [4.78, 5) is 20.4. The Balaban J connectivity index is 1.35. The molecule has 34 heavy (non-hydrogen) atoms. The Labute approximate surface area is 195 Å². The molecule has 0 unspecified atom stereocenters. The predicted molar refractivity (Wildman–Crippen MR) is 119 cm³/mol. The molecule has 1 N–H and O–H groups in total. The lowest BCUT2D eigenvalue weighted by Crippen LogP contribution is -2.49. The Morgan fingerprint density at radius 2 is 1.50 bits per heavy atom. The summed E-state index contributed by atoms with van der Waals surface area (Å²) in [5.41, 5.74) is -0.563. The van der Waals surface area contributed by atoms with Crippen LogP contribution in [0.1, 0.15) is 10.4 Å². The molecule has 1 aromatic carbocycles. The van der Waals surface area contributed by atoms with Crippen LogP contribution in [0.5, 0.6) is 5.75 Å². The van der Waals surface area contributed by atoms with Crippen molar-refractivity contribution in [1.82, 2.24) is 20.0 Å². The predicted octanol–water partition coefficient (Wildman–Crippen LogP) is 0.979. The molecule has 184 valence electrons. The highest BCUT2D eigenvalue weighted by molar-refractivity contribution is 5.95. The number of β-amino-alcohol motifs (C(OH)–C–C–N with tert-alkyl or cyclic N) is 1. The summed E-state index contributed by atoms with van der Waals surface area (Å²) in [7, 11) is 1.01. The molecule has 1 amide bonds. The van der Waals surface area contributed by atoms with Gasteiger partial charge in [-0.25, -0.2) is 8.78 Å². The molecular formula is C22H27F3N6O3. The minimum absolute atomic E-state index is 0.150. The van der Waals surface area contributed by atoms with Crippen LogP contribution < -0.4 is 14.5 Å². The van der Waals surface area contributed by atoms with E-state index in [2.05, 4.69) is 24.7 Å². The van der Waals surface area contributed by atoms with E-state index in [0.717, 1.165) is 39.1 Å². The number of amides is 1. The number of anilines is 2. The Morgan fingerprint density at radius 3 is 2.00 bits per heavy atom. The number of aliphatic hydroxyl groups is 1. The smallest absolute Gasteiger partial charge is 0.257 e. The van der Waals surface area contributed by atoms with Crippen LogP contribution in [0.3, 0.4) is 0 Å². The lowest BCUT2D eigenvalue weighted by molar-refractivity contribution is 0.0740. The van der Waals surface area contributed by atoms with Crippen LogP contribution in [0.25, 0.3) is 0 Å². The minimum atomic E-state index is -1.46. The zero-order valence-electron chi connectivity index (χ0n) is 18.9. The van der Waals surface area contributed by atoms with E-state index in [-0.39, 0.29) is 19.7 Å². The van der Waals surface area contributed by atoms with Gasteiger partial charge in [-0.1, -0.05) is 0 Å². The van der Waals surface area contributed by atoms with Crippen LogP contribution in [0, 0.1) is 17.5 Å². The van der Waals surface area contributed by atoms with Gasteiger partial charge in [-0.15, -0.1) is 10.2 Å². The van der Waals surface area contributed by atoms with E-state index in [1.807, 2.05) is 17.0 Å². The Bertz CT molecular complexity index is 1010. The van der Waals surface area contributed by atoms with Crippen LogP contribution in [-0.4, -0.2) is 104 Å². The molecule has 0 bridgehead atoms. The first kappa shape index (κ1) is 24.0. The second-order valence-electron chi connectivity index (χ2n) is 8.15. The van der Waals surface area contributed by atoms with Crippen molar-refractivity contribution in [3.05, 3.63) is 41.2 Å². The van der Waals surface area contributed by atoms with Gasteiger partial charge in [0.1, 0.15) is 0 Å². The molecule has 2 aliphatic heterocycles. The first-order chi connectivity index (χ1) is 16.4. The van der Waals surface area contributed by atoms with Crippen LogP contribution in [0.2, 0.25) is 0 Å². The maximum absolute atomic E-state index is 14.5. The summed E-state index contributed by atoms with van der Waals surface area (Å²) in [5, 5.41) is 17.7. The second-order valence-corrected chi connectivity index (χ2v) is 8.15. The first-order valence-electron chi connectivity index (χ1n) is 11.1. The van der Waals surface area contributed by atoms with Crippen molar-refractivity contribution in [2.45, 2.75) is 0 Å². The van der Waals surface area contributed by atoms with Crippen molar-refractivity contribution >= 4 is 17.5 Å². The van der Waals surface area contributed by atoms with Gasteiger partial charge in [-0.2, -0.15) is 4.39 Å². The number of methoxy groups -OCH3 is 1. The fourth-order valence-electron chi connectivity index (χ4n) is 4.22. The molecule has 0 radical (unpaired) electrons. The van der Waals surface area contributed by atoms with E-state index in [9.17, 15) is 18.0 Å². The van der Waals surface area contributed by atoms with E-state index in [4.69, 9.17) is 5.11 Å². The lowest BCUT2D eigenvalue weighted by Gasteiger charge is -2.36. The zero-order valence-corrected chi connectivity index (χ0v) is 18.9. The Hall–Kier alpha value is -3.12. The van der Waals surface area contributed by atoms with E-state index >= 15 is 0 Å². The van der Waals surface area contributed by atoms with E-state index in [1.165, 1.54) is 4.90 Å². The average molecular weight is 480 g/mol.